The molecule has 0 heterocycles. The maximum absolute atomic E-state index is 11.1. The fourth-order valence-electron chi connectivity index (χ4n) is 1.07. The van der Waals surface area contributed by atoms with Gasteiger partial charge in [-0.3, -0.25) is 4.99 Å². The number of rotatable bonds is 3. The second-order valence-electron chi connectivity index (χ2n) is 3.29. The first-order valence-electron chi connectivity index (χ1n) is 4.63. The third-order valence-electron chi connectivity index (χ3n) is 1.87. The van der Waals surface area contributed by atoms with Gasteiger partial charge in [0.15, 0.2) is 0 Å². The van der Waals surface area contributed by atoms with Crippen LogP contribution in [0.1, 0.15) is 5.56 Å². The van der Waals surface area contributed by atoms with E-state index in [-0.39, 0.29) is 24.9 Å². The minimum absolute atomic E-state index is 0. The van der Waals surface area contributed by atoms with Crippen molar-refractivity contribution in [1.82, 2.24) is 4.90 Å². The van der Waals surface area contributed by atoms with Gasteiger partial charge in [-0.15, -0.1) is 0 Å². The van der Waals surface area contributed by atoms with Gasteiger partial charge >= 0.3 is 18.9 Å². The van der Waals surface area contributed by atoms with Crippen LogP contribution in [0.15, 0.2) is 35.3 Å². The molecule has 0 radical (unpaired) electrons. The first kappa shape index (κ1) is 14.1. The molecular weight excluding hydrogens is 183 g/mol. The van der Waals surface area contributed by atoms with E-state index in [4.69, 9.17) is 0 Å². The van der Waals surface area contributed by atoms with Crippen LogP contribution in [-0.4, -0.2) is 31.6 Å². The SMILES string of the molecule is CN(C)C([O-])=NCCc1ccccc1.[Li+]. The number of hydrogen-bond acceptors (Lipinski definition) is 2. The number of benzene rings is 1. The van der Waals surface area contributed by atoms with Crippen LogP contribution in [0.25, 0.3) is 0 Å². The van der Waals surface area contributed by atoms with Gasteiger partial charge in [-0.1, -0.05) is 30.3 Å². The minimum atomic E-state index is -0.166. The first-order valence-corrected chi connectivity index (χ1v) is 4.63. The van der Waals surface area contributed by atoms with E-state index in [2.05, 4.69) is 4.99 Å². The summed E-state index contributed by atoms with van der Waals surface area (Å²) in [6.07, 6.45) is 0.820. The van der Waals surface area contributed by atoms with E-state index in [0.29, 0.717) is 6.54 Å². The van der Waals surface area contributed by atoms with Crippen LogP contribution in [-0.2, 0) is 6.42 Å². The van der Waals surface area contributed by atoms with Gasteiger partial charge in [0, 0.05) is 26.7 Å². The van der Waals surface area contributed by atoms with Crippen molar-refractivity contribution in [3.63, 3.8) is 0 Å². The first-order chi connectivity index (χ1) is 6.70. The van der Waals surface area contributed by atoms with Crippen molar-refractivity contribution < 1.29 is 24.0 Å². The van der Waals surface area contributed by atoms with Crippen LogP contribution in [0, 0.1) is 0 Å². The van der Waals surface area contributed by atoms with Gasteiger partial charge in [0.2, 0.25) is 0 Å². The molecule has 1 rings (SSSR count). The summed E-state index contributed by atoms with van der Waals surface area (Å²) in [5.74, 6) is 0. The van der Waals surface area contributed by atoms with Crippen LogP contribution in [0.2, 0.25) is 0 Å². The smallest absolute Gasteiger partial charge is 0.846 e. The molecule has 4 heteroatoms. The topological polar surface area (TPSA) is 38.7 Å². The minimum Gasteiger partial charge on any atom is -0.846 e. The summed E-state index contributed by atoms with van der Waals surface area (Å²) >= 11 is 0. The van der Waals surface area contributed by atoms with Crippen molar-refractivity contribution in [1.29, 1.82) is 0 Å². The Morgan fingerprint density at radius 2 is 1.87 bits per heavy atom. The maximum Gasteiger partial charge on any atom is 1.00 e. The molecule has 0 aliphatic rings. The van der Waals surface area contributed by atoms with Crippen molar-refractivity contribution in [2.45, 2.75) is 6.42 Å². The van der Waals surface area contributed by atoms with Crippen LogP contribution >= 0.6 is 0 Å². The Bertz CT molecular complexity index is 299. The summed E-state index contributed by atoms with van der Waals surface area (Å²) in [5, 5.41) is 11.1. The second kappa shape index (κ2) is 7.39. The molecule has 0 aromatic heterocycles. The molecule has 15 heavy (non-hydrogen) atoms. The summed E-state index contributed by atoms with van der Waals surface area (Å²) in [6, 6.07) is 9.87. The van der Waals surface area contributed by atoms with Crippen LogP contribution in [0.5, 0.6) is 0 Å². The van der Waals surface area contributed by atoms with E-state index >= 15 is 0 Å². The van der Waals surface area contributed by atoms with E-state index in [0.717, 1.165) is 6.42 Å². The Labute approximate surface area is 103 Å². The van der Waals surface area contributed by atoms with Gasteiger partial charge in [-0.25, -0.2) is 0 Å². The molecule has 1 aromatic rings. The normalized spacial score (nSPS) is 10.7. The molecular formula is C11H15LiN2O. The van der Waals surface area contributed by atoms with E-state index < -0.39 is 0 Å². The molecule has 0 saturated carbocycles. The van der Waals surface area contributed by atoms with Crippen molar-refractivity contribution in [3.05, 3.63) is 35.9 Å². The zero-order valence-corrected chi connectivity index (χ0v) is 9.60. The third kappa shape index (κ3) is 5.51. The van der Waals surface area contributed by atoms with Crippen LogP contribution < -0.4 is 24.0 Å². The average molecular weight is 198 g/mol. The quantitative estimate of drug-likeness (QED) is 0.306. The summed E-state index contributed by atoms with van der Waals surface area (Å²) < 4.78 is 0. The van der Waals surface area contributed by atoms with E-state index in [1.165, 1.54) is 10.5 Å². The zero-order chi connectivity index (χ0) is 10.4. The predicted molar refractivity (Wildman–Crippen MR) is 56.1 cm³/mol. The van der Waals surface area contributed by atoms with Gasteiger partial charge in [-0.05, 0) is 12.0 Å². The van der Waals surface area contributed by atoms with Crippen molar-refractivity contribution >= 4 is 6.02 Å². The van der Waals surface area contributed by atoms with Crippen molar-refractivity contribution in [2.24, 2.45) is 4.99 Å². The second-order valence-corrected chi connectivity index (χ2v) is 3.29. The Morgan fingerprint density at radius 3 is 2.40 bits per heavy atom. The average Bonchev–Trinajstić information content (AvgIpc) is 2.19. The van der Waals surface area contributed by atoms with Crippen LogP contribution in [0.4, 0.5) is 0 Å². The Morgan fingerprint density at radius 1 is 1.27 bits per heavy atom. The third-order valence-corrected chi connectivity index (χ3v) is 1.87. The number of aliphatic imine (C=N–C) groups is 1. The molecule has 76 valence electrons. The molecule has 0 spiro atoms. The summed E-state index contributed by atoms with van der Waals surface area (Å²) in [5.41, 5.74) is 1.21. The monoisotopic (exact) mass is 198 g/mol. The Hall–Kier alpha value is -0.913. The van der Waals surface area contributed by atoms with Gasteiger partial charge in [0.05, 0.1) is 0 Å². The standard InChI is InChI=1S/C11H16N2O.Li/c1-13(2)11(14)12-9-8-10-6-4-3-5-7-10;/h3-7H,8-9H2,1-2H3,(H,12,14);/q;+1/p-1. The van der Waals surface area contributed by atoms with E-state index in [1.54, 1.807) is 14.1 Å². The summed E-state index contributed by atoms with van der Waals surface area (Å²) in [6.45, 7) is 0.557. The van der Waals surface area contributed by atoms with Crippen molar-refractivity contribution in [2.75, 3.05) is 20.6 Å². The summed E-state index contributed by atoms with van der Waals surface area (Å²) in [4.78, 5) is 5.38. The molecule has 0 amide bonds. The maximum atomic E-state index is 11.1. The number of amidine groups is 1. The fraction of sp³-hybridized carbons (Fsp3) is 0.364. The van der Waals surface area contributed by atoms with E-state index in [1.807, 2.05) is 30.3 Å². The molecule has 0 N–H and O–H groups in total. The molecule has 0 aliphatic carbocycles. The van der Waals surface area contributed by atoms with Gasteiger partial charge < -0.3 is 10.0 Å². The molecule has 0 saturated heterocycles. The van der Waals surface area contributed by atoms with E-state index in [9.17, 15) is 5.11 Å². The molecule has 0 aliphatic heterocycles. The summed E-state index contributed by atoms with van der Waals surface area (Å²) in [7, 11) is 3.41. The molecule has 0 unspecified atom stereocenters. The number of nitrogens with zero attached hydrogens (tertiary/aromatic N) is 2. The van der Waals surface area contributed by atoms with Crippen molar-refractivity contribution in [3.8, 4) is 0 Å². The zero-order valence-electron chi connectivity index (χ0n) is 9.60. The van der Waals surface area contributed by atoms with Gasteiger partial charge in [0.1, 0.15) is 0 Å². The molecule has 0 fully saturated rings. The molecule has 3 nitrogen and oxygen atoms in total. The number of hydrogen-bond donors (Lipinski definition) is 0. The fourth-order valence-corrected chi connectivity index (χ4v) is 1.07. The largest absolute Gasteiger partial charge is 1.00 e. The Balaban J connectivity index is 0.00000196. The predicted octanol–water partition coefficient (Wildman–Crippen LogP) is -2.49. The molecule has 1 aromatic carbocycles. The Kier molecular flexibility index (Phi) is 6.94. The van der Waals surface area contributed by atoms with Gasteiger partial charge in [0.25, 0.3) is 0 Å². The van der Waals surface area contributed by atoms with Gasteiger partial charge in [-0.2, -0.15) is 0 Å². The van der Waals surface area contributed by atoms with Crippen LogP contribution in [0.3, 0.4) is 0 Å². The molecule has 0 atom stereocenters. The molecule has 0 bridgehead atoms.